The number of hydrogen-bond donors (Lipinski definition) is 1. The lowest BCUT2D eigenvalue weighted by Crippen LogP contribution is -2.18. The van der Waals surface area contributed by atoms with Crippen LogP contribution in [-0.4, -0.2) is 0 Å². The molecule has 4 heteroatoms. The maximum atomic E-state index is 13.0. The molecule has 0 amide bonds. The van der Waals surface area contributed by atoms with E-state index in [1.54, 1.807) is 0 Å². The molecule has 0 saturated carbocycles. The van der Waals surface area contributed by atoms with Gasteiger partial charge < -0.3 is 5.32 Å². The summed E-state index contributed by atoms with van der Waals surface area (Å²) in [6, 6.07) is 11.6. The molecule has 0 radical (unpaired) electrons. The number of halogens is 3. The highest BCUT2D eigenvalue weighted by molar-refractivity contribution is 9.10. The molecule has 19 heavy (non-hydrogen) atoms. The molecule has 0 spiro atoms. The van der Waals surface area contributed by atoms with Gasteiger partial charge >= 0.3 is 0 Å². The molecule has 0 aliphatic rings. The molecule has 1 N–H and O–H groups in total. The highest BCUT2D eigenvalue weighted by Crippen LogP contribution is 2.17. The first-order valence-corrected chi connectivity index (χ1v) is 6.78. The van der Waals surface area contributed by atoms with E-state index in [-0.39, 0.29) is 6.04 Å². The van der Waals surface area contributed by atoms with Gasteiger partial charge in [0, 0.05) is 23.1 Å². The van der Waals surface area contributed by atoms with E-state index in [0.717, 1.165) is 16.1 Å². The Labute approximate surface area is 119 Å². The van der Waals surface area contributed by atoms with Crippen molar-refractivity contribution in [2.45, 2.75) is 19.5 Å². The van der Waals surface area contributed by atoms with E-state index in [0.29, 0.717) is 12.1 Å². The first kappa shape index (κ1) is 14.2. The Morgan fingerprint density at radius 1 is 1.05 bits per heavy atom. The van der Waals surface area contributed by atoms with Crippen LogP contribution in [0.5, 0.6) is 0 Å². The summed E-state index contributed by atoms with van der Waals surface area (Å²) in [5, 5.41) is 3.24. The maximum Gasteiger partial charge on any atom is 0.126 e. The monoisotopic (exact) mass is 325 g/mol. The van der Waals surface area contributed by atoms with Gasteiger partial charge in [0.1, 0.15) is 11.6 Å². The van der Waals surface area contributed by atoms with Crippen LogP contribution < -0.4 is 5.32 Å². The van der Waals surface area contributed by atoms with Crippen molar-refractivity contribution < 1.29 is 8.78 Å². The highest BCUT2D eigenvalue weighted by atomic mass is 79.9. The average Bonchev–Trinajstić information content (AvgIpc) is 2.36. The van der Waals surface area contributed by atoms with Crippen molar-refractivity contribution in [3.05, 3.63) is 69.7 Å². The number of rotatable bonds is 4. The molecule has 0 bridgehead atoms. The molecule has 0 heterocycles. The Morgan fingerprint density at radius 2 is 1.63 bits per heavy atom. The first-order valence-electron chi connectivity index (χ1n) is 5.98. The molecule has 1 nitrogen and oxygen atoms in total. The second-order valence-electron chi connectivity index (χ2n) is 4.43. The second-order valence-corrected chi connectivity index (χ2v) is 5.35. The summed E-state index contributed by atoms with van der Waals surface area (Å²) in [5.74, 6) is -1.10. The van der Waals surface area contributed by atoms with Gasteiger partial charge in [-0.1, -0.05) is 28.1 Å². The third-order valence-electron chi connectivity index (χ3n) is 2.90. The third-order valence-corrected chi connectivity index (χ3v) is 3.43. The van der Waals surface area contributed by atoms with E-state index < -0.39 is 11.6 Å². The van der Waals surface area contributed by atoms with Crippen LogP contribution in [0, 0.1) is 11.6 Å². The van der Waals surface area contributed by atoms with Gasteiger partial charge in [-0.15, -0.1) is 0 Å². The SMILES string of the molecule is C[C@@H](NCc1cc(F)cc(F)c1)c1ccc(Br)cc1. The van der Waals surface area contributed by atoms with Crippen LogP contribution in [0.3, 0.4) is 0 Å². The summed E-state index contributed by atoms with van der Waals surface area (Å²) in [4.78, 5) is 0. The second kappa shape index (κ2) is 6.26. The molecular formula is C15H14BrF2N. The molecule has 2 aromatic rings. The smallest absolute Gasteiger partial charge is 0.126 e. The van der Waals surface area contributed by atoms with Crippen molar-refractivity contribution in [3.63, 3.8) is 0 Å². The Morgan fingerprint density at radius 3 is 2.21 bits per heavy atom. The molecule has 0 aliphatic carbocycles. The van der Waals surface area contributed by atoms with Crippen molar-refractivity contribution in [3.8, 4) is 0 Å². The summed E-state index contributed by atoms with van der Waals surface area (Å²) in [6.45, 7) is 2.44. The van der Waals surface area contributed by atoms with E-state index >= 15 is 0 Å². The lowest BCUT2D eigenvalue weighted by molar-refractivity contribution is 0.554. The van der Waals surface area contributed by atoms with Crippen molar-refractivity contribution in [2.75, 3.05) is 0 Å². The van der Waals surface area contributed by atoms with Gasteiger partial charge in [0.25, 0.3) is 0 Å². The van der Waals surface area contributed by atoms with E-state index in [4.69, 9.17) is 0 Å². The van der Waals surface area contributed by atoms with Crippen LogP contribution in [-0.2, 0) is 6.54 Å². The van der Waals surface area contributed by atoms with Gasteiger partial charge in [-0.2, -0.15) is 0 Å². The lowest BCUT2D eigenvalue weighted by Gasteiger charge is -2.14. The zero-order valence-corrected chi connectivity index (χ0v) is 12.0. The molecule has 2 aromatic carbocycles. The maximum absolute atomic E-state index is 13.0. The van der Waals surface area contributed by atoms with Crippen LogP contribution >= 0.6 is 15.9 Å². The van der Waals surface area contributed by atoms with Crippen molar-refractivity contribution in [1.82, 2.24) is 5.32 Å². The summed E-state index contributed by atoms with van der Waals surface area (Å²) >= 11 is 3.38. The van der Waals surface area contributed by atoms with E-state index in [2.05, 4.69) is 21.2 Å². The van der Waals surface area contributed by atoms with E-state index in [9.17, 15) is 8.78 Å². The number of hydrogen-bond acceptors (Lipinski definition) is 1. The average molecular weight is 326 g/mol. The lowest BCUT2D eigenvalue weighted by atomic mass is 10.1. The zero-order valence-electron chi connectivity index (χ0n) is 10.5. The first-order chi connectivity index (χ1) is 9.04. The highest BCUT2D eigenvalue weighted by Gasteiger charge is 2.06. The van der Waals surface area contributed by atoms with Gasteiger partial charge in [-0.25, -0.2) is 8.78 Å². The Kier molecular flexibility index (Phi) is 4.66. The van der Waals surface area contributed by atoms with Crippen LogP contribution in [0.15, 0.2) is 46.9 Å². The summed E-state index contributed by atoms with van der Waals surface area (Å²) in [5.41, 5.74) is 1.72. The summed E-state index contributed by atoms with van der Waals surface area (Å²) in [7, 11) is 0. The summed E-state index contributed by atoms with van der Waals surface area (Å²) < 4.78 is 27.1. The molecule has 0 aliphatic heterocycles. The fourth-order valence-corrected chi connectivity index (χ4v) is 2.12. The van der Waals surface area contributed by atoms with Gasteiger partial charge in [-0.3, -0.25) is 0 Å². The van der Waals surface area contributed by atoms with Gasteiger partial charge in [-0.05, 0) is 42.3 Å². The fourth-order valence-electron chi connectivity index (χ4n) is 1.85. The fraction of sp³-hybridized carbons (Fsp3) is 0.200. The van der Waals surface area contributed by atoms with Crippen molar-refractivity contribution in [2.24, 2.45) is 0 Å². The van der Waals surface area contributed by atoms with Gasteiger partial charge in [0.2, 0.25) is 0 Å². The molecule has 100 valence electrons. The Balaban J connectivity index is 1.99. The predicted molar refractivity (Wildman–Crippen MR) is 75.8 cm³/mol. The van der Waals surface area contributed by atoms with Crippen LogP contribution in [0.25, 0.3) is 0 Å². The third kappa shape index (κ3) is 4.11. The minimum atomic E-state index is -0.548. The molecule has 0 saturated heterocycles. The Bertz CT molecular complexity index is 534. The molecule has 2 rings (SSSR count). The standard InChI is InChI=1S/C15H14BrF2N/c1-10(12-2-4-13(16)5-3-12)19-9-11-6-14(17)8-15(18)7-11/h2-8,10,19H,9H2,1H3/t10-/m1/s1. The van der Waals surface area contributed by atoms with Crippen molar-refractivity contribution >= 4 is 15.9 Å². The van der Waals surface area contributed by atoms with Crippen LogP contribution in [0.1, 0.15) is 24.1 Å². The molecular weight excluding hydrogens is 312 g/mol. The predicted octanol–water partition coefficient (Wildman–Crippen LogP) is 4.58. The molecule has 0 unspecified atom stereocenters. The van der Waals surface area contributed by atoms with E-state index in [1.165, 1.54) is 12.1 Å². The Hall–Kier alpha value is -1.26. The molecule has 0 aromatic heterocycles. The number of nitrogens with one attached hydrogen (secondary N) is 1. The minimum Gasteiger partial charge on any atom is -0.306 e. The topological polar surface area (TPSA) is 12.0 Å². The zero-order chi connectivity index (χ0) is 13.8. The summed E-state index contributed by atoms with van der Waals surface area (Å²) in [6.07, 6.45) is 0. The van der Waals surface area contributed by atoms with Gasteiger partial charge in [0.15, 0.2) is 0 Å². The van der Waals surface area contributed by atoms with Crippen LogP contribution in [0.2, 0.25) is 0 Å². The van der Waals surface area contributed by atoms with Crippen molar-refractivity contribution in [1.29, 1.82) is 0 Å². The quantitative estimate of drug-likeness (QED) is 0.867. The molecule has 0 fully saturated rings. The largest absolute Gasteiger partial charge is 0.306 e. The molecule has 1 atom stereocenters. The van der Waals surface area contributed by atoms with Gasteiger partial charge in [0.05, 0.1) is 0 Å². The normalized spacial score (nSPS) is 12.4. The minimum absolute atomic E-state index is 0.111. The number of benzene rings is 2. The van der Waals surface area contributed by atoms with Crippen LogP contribution in [0.4, 0.5) is 8.78 Å². The van der Waals surface area contributed by atoms with E-state index in [1.807, 2.05) is 31.2 Å².